The van der Waals surface area contributed by atoms with E-state index in [0.29, 0.717) is 61.0 Å². The molecule has 10 nitrogen and oxygen atoms in total. The molecule has 10 heteroatoms. The lowest BCUT2D eigenvalue weighted by atomic mass is 9.85. The summed E-state index contributed by atoms with van der Waals surface area (Å²) in [4.78, 5) is 37.7. The molecule has 2 aliphatic rings. The molecule has 5 rings (SSSR count). The number of nitrogens with zero attached hydrogens (tertiary/aromatic N) is 3. The summed E-state index contributed by atoms with van der Waals surface area (Å²) in [5.41, 5.74) is 0.509. The van der Waals surface area contributed by atoms with E-state index in [2.05, 4.69) is 20.2 Å². The van der Waals surface area contributed by atoms with E-state index in [-0.39, 0.29) is 11.7 Å². The van der Waals surface area contributed by atoms with Gasteiger partial charge in [0.2, 0.25) is 17.6 Å². The van der Waals surface area contributed by atoms with Crippen molar-refractivity contribution in [1.29, 1.82) is 0 Å². The zero-order valence-electron chi connectivity index (χ0n) is 19.4. The van der Waals surface area contributed by atoms with Gasteiger partial charge in [0.25, 0.3) is 5.56 Å². The highest BCUT2D eigenvalue weighted by atomic mass is 16.5. The van der Waals surface area contributed by atoms with Gasteiger partial charge in [-0.05, 0) is 25.0 Å². The minimum absolute atomic E-state index is 0.0394. The van der Waals surface area contributed by atoms with E-state index >= 15 is 0 Å². The number of rotatable bonds is 5. The number of methoxy groups -OCH3 is 3. The van der Waals surface area contributed by atoms with Gasteiger partial charge in [0.15, 0.2) is 11.5 Å². The molecule has 1 amide bonds. The van der Waals surface area contributed by atoms with Gasteiger partial charge in [-0.25, -0.2) is 0 Å². The first kappa shape index (κ1) is 21.9. The molecule has 3 heterocycles. The molecule has 0 atom stereocenters. The maximum atomic E-state index is 13.0. The molecule has 2 fully saturated rings. The van der Waals surface area contributed by atoms with Crippen LogP contribution in [0, 0.1) is 0 Å². The summed E-state index contributed by atoms with van der Waals surface area (Å²) in [5, 5.41) is 3.30. The molecule has 0 bridgehead atoms. The lowest BCUT2D eigenvalue weighted by Gasteiger charge is -2.43. The van der Waals surface area contributed by atoms with E-state index in [4.69, 9.17) is 14.2 Å². The SMILES string of the molecule is COc1cc2[nH]c(N3CCC4(CC3)C(=O)NCN4c3ccccc3)nc(=O)c2c(OC)c1OC. The standard InChI is InChI=1S/C24H27N5O5/c1-32-17-13-16-18(20(34-3)19(17)33-2)21(30)27-23(26-16)28-11-9-24(10-12-28)22(31)25-14-29(24)15-7-5-4-6-8-15/h4-8,13H,9-12,14H2,1-3H3,(H,25,31)(H,26,27,30). The van der Waals surface area contributed by atoms with Crippen LogP contribution in [-0.2, 0) is 4.79 Å². The molecule has 178 valence electrons. The fourth-order valence-corrected chi connectivity index (χ4v) is 5.04. The Labute approximate surface area is 196 Å². The molecular weight excluding hydrogens is 438 g/mol. The van der Waals surface area contributed by atoms with Gasteiger partial charge < -0.3 is 34.3 Å². The van der Waals surface area contributed by atoms with Gasteiger partial charge in [-0.2, -0.15) is 4.98 Å². The maximum absolute atomic E-state index is 13.0. The van der Waals surface area contributed by atoms with Crippen LogP contribution in [0.25, 0.3) is 10.9 Å². The van der Waals surface area contributed by atoms with E-state index in [1.54, 1.807) is 6.07 Å². The fourth-order valence-electron chi connectivity index (χ4n) is 5.04. The van der Waals surface area contributed by atoms with Crippen molar-refractivity contribution in [2.45, 2.75) is 18.4 Å². The highest BCUT2D eigenvalue weighted by Crippen LogP contribution is 2.42. The molecule has 2 aliphatic heterocycles. The first-order valence-electron chi connectivity index (χ1n) is 11.1. The van der Waals surface area contributed by atoms with Crippen LogP contribution in [0.3, 0.4) is 0 Å². The number of para-hydroxylation sites is 1. The summed E-state index contributed by atoms with van der Waals surface area (Å²) < 4.78 is 16.3. The number of carbonyl (C=O) groups excluding carboxylic acids is 1. The Kier molecular flexibility index (Phi) is 5.43. The number of anilines is 2. The van der Waals surface area contributed by atoms with Crippen molar-refractivity contribution in [2.75, 3.05) is 50.9 Å². The van der Waals surface area contributed by atoms with Crippen molar-refractivity contribution in [2.24, 2.45) is 0 Å². The van der Waals surface area contributed by atoms with Crippen LogP contribution in [0.4, 0.5) is 11.6 Å². The number of hydrogen-bond acceptors (Lipinski definition) is 8. The lowest BCUT2D eigenvalue weighted by Crippen LogP contribution is -2.56. The zero-order valence-corrected chi connectivity index (χ0v) is 19.4. The predicted octanol–water partition coefficient (Wildman–Crippen LogP) is 1.88. The van der Waals surface area contributed by atoms with E-state index in [1.165, 1.54) is 21.3 Å². The third kappa shape index (κ3) is 3.28. The van der Waals surface area contributed by atoms with Crippen LogP contribution in [0.15, 0.2) is 41.2 Å². The number of aromatic nitrogens is 2. The van der Waals surface area contributed by atoms with Crippen LogP contribution in [0.5, 0.6) is 17.2 Å². The van der Waals surface area contributed by atoms with E-state index in [9.17, 15) is 9.59 Å². The Morgan fingerprint density at radius 1 is 0.971 bits per heavy atom. The zero-order chi connectivity index (χ0) is 23.9. The second-order valence-corrected chi connectivity index (χ2v) is 8.38. The predicted molar refractivity (Wildman–Crippen MR) is 128 cm³/mol. The van der Waals surface area contributed by atoms with Gasteiger partial charge in [-0.1, -0.05) is 18.2 Å². The molecular formula is C24H27N5O5. The first-order valence-corrected chi connectivity index (χ1v) is 11.1. The number of ether oxygens (including phenoxy) is 3. The van der Waals surface area contributed by atoms with E-state index < -0.39 is 11.1 Å². The number of nitrogens with one attached hydrogen (secondary N) is 2. The highest BCUT2D eigenvalue weighted by molar-refractivity contribution is 5.94. The fraction of sp³-hybridized carbons (Fsp3) is 0.375. The second-order valence-electron chi connectivity index (χ2n) is 8.38. The summed E-state index contributed by atoms with van der Waals surface area (Å²) in [5.74, 6) is 1.55. The Morgan fingerprint density at radius 2 is 1.68 bits per heavy atom. The van der Waals surface area contributed by atoms with Crippen LogP contribution in [0.2, 0.25) is 0 Å². The number of piperidine rings is 1. The Balaban J connectivity index is 1.47. The summed E-state index contributed by atoms with van der Waals surface area (Å²) >= 11 is 0. The number of aromatic amines is 1. The summed E-state index contributed by atoms with van der Waals surface area (Å²) in [6, 6.07) is 11.7. The van der Waals surface area contributed by atoms with Crippen molar-refractivity contribution < 1.29 is 19.0 Å². The average molecular weight is 466 g/mol. The Hall–Kier alpha value is -3.95. The third-order valence-electron chi connectivity index (χ3n) is 6.79. The molecule has 3 aromatic rings. The molecule has 0 aliphatic carbocycles. The number of hydrogen-bond donors (Lipinski definition) is 2. The van der Waals surface area contributed by atoms with Gasteiger partial charge in [0.05, 0.1) is 33.5 Å². The Bertz CT molecular complexity index is 1280. The van der Waals surface area contributed by atoms with Gasteiger partial charge in [-0.3, -0.25) is 9.59 Å². The first-order chi connectivity index (χ1) is 16.5. The lowest BCUT2D eigenvalue weighted by molar-refractivity contribution is -0.124. The smallest absolute Gasteiger partial charge is 0.286 e. The molecule has 2 N–H and O–H groups in total. The summed E-state index contributed by atoms with van der Waals surface area (Å²) in [7, 11) is 4.49. The van der Waals surface area contributed by atoms with E-state index in [0.717, 1.165) is 5.69 Å². The number of fused-ring (bicyclic) bond motifs is 1. The van der Waals surface area contributed by atoms with Gasteiger partial charge in [0, 0.05) is 24.8 Å². The van der Waals surface area contributed by atoms with Gasteiger partial charge in [-0.15, -0.1) is 0 Å². The number of amides is 1. The molecule has 2 aromatic carbocycles. The molecule has 34 heavy (non-hydrogen) atoms. The molecule has 0 radical (unpaired) electrons. The van der Waals surface area contributed by atoms with Crippen LogP contribution in [-0.4, -0.2) is 62.5 Å². The number of carbonyl (C=O) groups is 1. The quantitative estimate of drug-likeness (QED) is 0.588. The molecule has 0 saturated carbocycles. The van der Waals surface area contributed by atoms with Crippen LogP contribution < -0.4 is 34.9 Å². The summed E-state index contributed by atoms with van der Waals surface area (Å²) in [6.07, 6.45) is 1.20. The monoisotopic (exact) mass is 465 g/mol. The van der Waals surface area contributed by atoms with Crippen molar-refractivity contribution >= 4 is 28.4 Å². The topological polar surface area (TPSA) is 109 Å². The normalized spacial score (nSPS) is 17.2. The second kappa shape index (κ2) is 8.44. The van der Waals surface area contributed by atoms with Crippen molar-refractivity contribution in [3.05, 3.63) is 46.8 Å². The Morgan fingerprint density at radius 3 is 2.32 bits per heavy atom. The van der Waals surface area contributed by atoms with Crippen molar-refractivity contribution in [1.82, 2.24) is 15.3 Å². The van der Waals surface area contributed by atoms with Crippen LogP contribution in [0.1, 0.15) is 12.8 Å². The molecule has 1 spiro atoms. The largest absolute Gasteiger partial charge is 0.493 e. The number of benzene rings is 2. The highest BCUT2D eigenvalue weighted by Gasteiger charge is 2.50. The maximum Gasteiger partial charge on any atom is 0.286 e. The third-order valence-corrected chi connectivity index (χ3v) is 6.79. The minimum Gasteiger partial charge on any atom is -0.493 e. The summed E-state index contributed by atoms with van der Waals surface area (Å²) in [6.45, 7) is 1.61. The van der Waals surface area contributed by atoms with Gasteiger partial charge in [0.1, 0.15) is 10.9 Å². The van der Waals surface area contributed by atoms with Gasteiger partial charge >= 0.3 is 0 Å². The number of H-pyrrole nitrogens is 1. The molecule has 0 unspecified atom stereocenters. The average Bonchev–Trinajstić information content (AvgIpc) is 3.18. The van der Waals surface area contributed by atoms with Crippen molar-refractivity contribution in [3.8, 4) is 17.2 Å². The molecule has 1 aromatic heterocycles. The van der Waals surface area contributed by atoms with Crippen LogP contribution >= 0.6 is 0 Å². The van der Waals surface area contributed by atoms with E-state index in [1.807, 2.05) is 35.2 Å². The minimum atomic E-state index is -0.616. The van der Waals surface area contributed by atoms with Crippen molar-refractivity contribution in [3.63, 3.8) is 0 Å². The molecule has 2 saturated heterocycles.